The molecule has 0 spiro atoms. The Bertz CT molecular complexity index is 1120. The molecule has 0 atom stereocenters. The third kappa shape index (κ3) is 3.43. The lowest BCUT2D eigenvalue weighted by Crippen LogP contribution is -2.26. The van der Waals surface area contributed by atoms with Gasteiger partial charge < -0.3 is 0 Å². The molecule has 2 nitrogen and oxygen atoms in total. The number of Topliss-reactive ketones (excluding diaryl/α,β-unsaturated/α-hetero) is 2. The van der Waals surface area contributed by atoms with E-state index in [1.807, 2.05) is 48.5 Å². The Morgan fingerprint density at radius 2 is 0.875 bits per heavy atom. The van der Waals surface area contributed by atoms with E-state index in [1.54, 1.807) is 0 Å². The molecule has 0 N–H and O–H groups in total. The van der Waals surface area contributed by atoms with E-state index in [0.717, 1.165) is 57.4 Å². The Morgan fingerprint density at radius 3 is 1.19 bits per heavy atom. The first-order valence-corrected chi connectivity index (χ1v) is 11.6. The molecule has 2 aromatic carbocycles. The first-order valence-electron chi connectivity index (χ1n) is 11.6. The van der Waals surface area contributed by atoms with Gasteiger partial charge >= 0.3 is 0 Å². The lowest BCUT2D eigenvalue weighted by Gasteiger charge is -2.33. The highest BCUT2D eigenvalue weighted by atomic mass is 16.1. The predicted octanol–water partition coefficient (Wildman–Crippen LogP) is 7.72. The molecule has 0 saturated carbocycles. The molecule has 164 valence electrons. The zero-order chi connectivity index (χ0) is 23.3. The molecular formula is C30H32O2. The van der Waals surface area contributed by atoms with Gasteiger partial charge in [-0.1, -0.05) is 90.1 Å². The second-order valence-corrected chi connectivity index (χ2v) is 10.2. The SMILES string of the molecule is CCC(C)(C)C1=C/C(=C2/C=C(C(C)(C)CC)C(=O)c3ccccc32)c2ccccc2C1=O. The number of carbonyl (C=O) groups excluding carboxylic acids is 2. The van der Waals surface area contributed by atoms with E-state index in [1.165, 1.54) is 0 Å². The van der Waals surface area contributed by atoms with Crippen molar-refractivity contribution in [3.63, 3.8) is 0 Å². The summed E-state index contributed by atoms with van der Waals surface area (Å²) >= 11 is 0. The average molecular weight is 425 g/mol. The van der Waals surface area contributed by atoms with Crippen LogP contribution in [0.3, 0.4) is 0 Å². The van der Waals surface area contributed by atoms with Gasteiger partial charge in [-0.3, -0.25) is 9.59 Å². The van der Waals surface area contributed by atoms with Crippen molar-refractivity contribution in [2.75, 3.05) is 0 Å². The zero-order valence-corrected chi connectivity index (χ0v) is 20.0. The van der Waals surface area contributed by atoms with Gasteiger partial charge in [-0.15, -0.1) is 0 Å². The van der Waals surface area contributed by atoms with Crippen LogP contribution < -0.4 is 0 Å². The quantitative estimate of drug-likeness (QED) is 0.503. The Balaban J connectivity index is 2.12. The fraction of sp³-hybridized carbons (Fsp3) is 0.333. The van der Waals surface area contributed by atoms with Gasteiger partial charge in [0.05, 0.1) is 0 Å². The molecule has 2 aromatic rings. The highest BCUT2D eigenvalue weighted by Gasteiger charge is 2.36. The molecule has 4 rings (SSSR count). The number of rotatable bonds is 4. The third-order valence-corrected chi connectivity index (χ3v) is 7.51. The lowest BCUT2D eigenvalue weighted by molar-refractivity contribution is 0.0995. The normalized spacial score (nSPS) is 18.7. The summed E-state index contributed by atoms with van der Waals surface area (Å²) in [4.78, 5) is 26.9. The minimum absolute atomic E-state index is 0.107. The van der Waals surface area contributed by atoms with Crippen molar-refractivity contribution in [1.82, 2.24) is 0 Å². The zero-order valence-electron chi connectivity index (χ0n) is 20.0. The van der Waals surface area contributed by atoms with Crippen LogP contribution in [0.5, 0.6) is 0 Å². The topological polar surface area (TPSA) is 34.1 Å². The van der Waals surface area contributed by atoms with Crippen LogP contribution in [0.2, 0.25) is 0 Å². The van der Waals surface area contributed by atoms with Crippen molar-refractivity contribution in [3.8, 4) is 0 Å². The van der Waals surface area contributed by atoms with Crippen LogP contribution >= 0.6 is 0 Å². The highest BCUT2D eigenvalue weighted by molar-refractivity contribution is 6.23. The van der Waals surface area contributed by atoms with E-state index >= 15 is 0 Å². The number of hydrogen-bond donors (Lipinski definition) is 0. The van der Waals surface area contributed by atoms with Gasteiger partial charge in [-0.2, -0.15) is 0 Å². The van der Waals surface area contributed by atoms with Gasteiger partial charge in [0.2, 0.25) is 0 Å². The van der Waals surface area contributed by atoms with Gasteiger partial charge in [0.25, 0.3) is 0 Å². The Morgan fingerprint density at radius 1 is 0.562 bits per heavy atom. The van der Waals surface area contributed by atoms with Crippen LogP contribution in [0.1, 0.15) is 86.2 Å². The molecule has 0 heterocycles. The fourth-order valence-corrected chi connectivity index (χ4v) is 4.53. The molecule has 0 radical (unpaired) electrons. The van der Waals surface area contributed by atoms with Crippen molar-refractivity contribution in [3.05, 3.63) is 94.1 Å². The minimum atomic E-state index is -0.240. The summed E-state index contributed by atoms with van der Waals surface area (Å²) in [7, 11) is 0. The Labute approximate surface area is 191 Å². The summed E-state index contributed by atoms with van der Waals surface area (Å²) < 4.78 is 0. The molecule has 0 aromatic heterocycles. The van der Waals surface area contributed by atoms with Gasteiger partial charge in [0.15, 0.2) is 11.6 Å². The molecule has 0 fully saturated rings. The highest BCUT2D eigenvalue weighted by Crippen LogP contribution is 2.46. The molecule has 0 bridgehead atoms. The molecule has 2 aliphatic carbocycles. The molecule has 2 heteroatoms. The first kappa shape index (κ1) is 22.2. The van der Waals surface area contributed by atoms with E-state index in [2.05, 4.69) is 53.7 Å². The maximum Gasteiger partial charge on any atom is 0.190 e. The van der Waals surface area contributed by atoms with Gasteiger partial charge in [-0.25, -0.2) is 0 Å². The van der Waals surface area contributed by atoms with Crippen LogP contribution in [0.4, 0.5) is 0 Å². The van der Waals surface area contributed by atoms with Crippen molar-refractivity contribution < 1.29 is 9.59 Å². The largest absolute Gasteiger partial charge is 0.289 e. The monoisotopic (exact) mass is 424 g/mol. The van der Waals surface area contributed by atoms with E-state index in [-0.39, 0.29) is 22.4 Å². The van der Waals surface area contributed by atoms with Crippen molar-refractivity contribution in [2.45, 2.75) is 54.4 Å². The van der Waals surface area contributed by atoms with E-state index in [4.69, 9.17) is 0 Å². The van der Waals surface area contributed by atoms with Crippen molar-refractivity contribution >= 4 is 22.7 Å². The van der Waals surface area contributed by atoms with Crippen LogP contribution in [-0.4, -0.2) is 11.6 Å². The van der Waals surface area contributed by atoms with Crippen LogP contribution in [-0.2, 0) is 0 Å². The molecule has 2 aliphatic rings. The summed E-state index contributed by atoms with van der Waals surface area (Å²) in [6.07, 6.45) is 5.91. The van der Waals surface area contributed by atoms with Gasteiger partial charge in [0, 0.05) is 22.3 Å². The van der Waals surface area contributed by atoms with E-state index in [0.29, 0.717) is 0 Å². The van der Waals surface area contributed by atoms with E-state index in [9.17, 15) is 9.59 Å². The van der Waals surface area contributed by atoms with Gasteiger partial charge in [0.1, 0.15) is 0 Å². The summed E-state index contributed by atoms with van der Waals surface area (Å²) in [6, 6.07) is 15.7. The van der Waals surface area contributed by atoms with E-state index < -0.39 is 0 Å². The van der Waals surface area contributed by atoms with Crippen LogP contribution in [0.15, 0.2) is 71.8 Å². The van der Waals surface area contributed by atoms with Gasteiger partial charge in [-0.05, 0) is 58.1 Å². The standard InChI is InChI=1S/C30H32O2/c1-7-29(3,4)25-17-23(19-13-9-11-15-21(19)27(25)31)24-18-26(30(5,6)8-2)28(32)22-16-12-10-14-20(22)24/h9-18H,7-8H2,1-6H3/b24-23+. The predicted molar refractivity (Wildman–Crippen MR) is 133 cm³/mol. The fourth-order valence-electron chi connectivity index (χ4n) is 4.53. The summed E-state index contributed by atoms with van der Waals surface area (Å²) in [5.74, 6) is 0.213. The molecule has 32 heavy (non-hydrogen) atoms. The maximum atomic E-state index is 13.5. The number of allylic oxidation sites excluding steroid dienone is 6. The second kappa shape index (κ2) is 7.85. The number of ketones is 2. The molecule has 0 aliphatic heterocycles. The summed E-state index contributed by atoms with van der Waals surface area (Å²) in [6.45, 7) is 12.8. The Hall–Kier alpha value is -3.00. The van der Waals surface area contributed by atoms with Crippen LogP contribution in [0.25, 0.3) is 11.1 Å². The minimum Gasteiger partial charge on any atom is -0.289 e. The molecule has 0 amide bonds. The number of hydrogen-bond acceptors (Lipinski definition) is 2. The molecule has 0 saturated heterocycles. The number of benzene rings is 2. The molecular weight excluding hydrogens is 392 g/mol. The first-order chi connectivity index (χ1) is 15.1. The summed E-state index contributed by atoms with van der Waals surface area (Å²) in [5, 5.41) is 0. The smallest absolute Gasteiger partial charge is 0.190 e. The van der Waals surface area contributed by atoms with Crippen LogP contribution in [0, 0.1) is 10.8 Å². The average Bonchev–Trinajstić information content (AvgIpc) is 2.80. The number of fused-ring (bicyclic) bond motifs is 2. The molecule has 0 unspecified atom stereocenters. The van der Waals surface area contributed by atoms with Crippen molar-refractivity contribution in [1.29, 1.82) is 0 Å². The third-order valence-electron chi connectivity index (χ3n) is 7.51. The lowest BCUT2D eigenvalue weighted by atomic mass is 9.69. The second-order valence-electron chi connectivity index (χ2n) is 10.2. The number of carbonyl (C=O) groups is 2. The van der Waals surface area contributed by atoms with Crippen molar-refractivity contribution in [2.24, 2.45) is 10.8 Å². The maximum absolute atomic E-state index is 13.5. The Kier molecular flexibility index (Phi) is 5.45. The summed E-state index contributed by atoms with van der Waals surface area (Å²) in [5.41, 5.74) is 6.61.